The Kier molecular flexibility index (Phi) is 7.51. The molecule has 1 rings (SSSR count). The van der Waals surface area contributed by atoms with Gasteiger partial charge < -0.3 is 15.4 Å². The molecule has 0 aromatic heterocycles. The highest BCUT2D eigenvalue weighted by Crippen LogP contribution is 2.14. The minimum absolute atomic E-state index is 0.00501. The molecule has 0 aliphatic carbocycles. The van der Waals surface area contributed by atoms with Crippen LogP contribution in [0.2, 0.25) is 0 Å². The molecule has 0 fully saturated rings. The van der Waals surface area contributed by atoms with Crippen molar-refractivity contribution in [2.75, 3.05) is 19.0 Å². The minimum atomic E-state index is -3.12. The molecule has 1 aromatic carbocycles. The molecule has 0 spiro atoms. The summed E-state index contributed by atoms with van der Waals surface area (Å²) in [6.07, 6.45) is 0.732. The highest BCUT2D eigenvalue weighted by molar-refractivity contribution is 7.91. The van der Waals surface area contributed by atoms with E-state index < -0.39 is 15.1 Å². The highest BCUT2D eigenvalue weighted by atomic mass is 32.2. The monoisotopic (exact) mass is 342 g/mol. The van der Waals surface area contributed by atoms with E-state index in [2.05, 4.69) is 10.6 Å². The molecule has 7 heteroatoms. The maximum Gasteiger partial charge on any atom is 0.319 e. The van der Waals surface area contributed by atoms with Crippen LogP contribution in [0, 0.1) is 0 Å². The Labute approximate surface area is 138 Å². The van der Waals surface area contributed by atoms with Gasteiger partial charge in [-0.1, -0.05) is 12.1 Å². The van der Waals surface area contributed by atoms with Crippen molar-refractivity contribution in [1.29, 1.82) is 0 Å². The first-order valence-corrected chi connectivity index (χ1v) is 9.33. The first kappa shape index (κ1) is 19.4. The Morgan fingerprint density at radius 2 is 1.78 bits per heavy atom. The van der Waals surface area contributed by atoms with E-state index in [1.54, 1.807) is 45.2 Å². The number of rotatable bonds is 8. The van der Waals surface area contributed by atoms with Crippen molar-refractivity contribution in [2.24, 2.45) is 0 Å². The summed E-state index contributed by atoms with van der Waals surface area (Å²) in [5.74, 6) is 0.00515. The summed E-state index contributed by atoms with van der Waals surface area (Å²) < 4.78 is 28.7. The van der Waals surface area contributed by atoms with E-state index in [4.69, 9.17) is 4.74 Å². The molecule has 0 saturated carbocycles. The van der Waals surface area contributed by atoms with Gasteiger partial charge in [-0.25, -0.2) is 13.2 Å². The summed E-state index contributed by atoms with van der Waals surface area (Å²) in [6, 6.07) is 6.53. The Bertz CT molecular complexity index is 597. The summed E-state index contributed by atoms with van der Waals surface area (Å²) in [5.41, 5.74) is 1.32. The standard InChI is InChI=1S/C16H26N2O4S/c1-12(2)23(20,21)11-14-5-7-15(8-6-14)18-16(19)17-13(3)9-10-22-4/h5-8,12-13H,9-11H2,1-4H3,(H2,17,18,19)/t13-/m0/s1. The summed E-state index contributed by atoms with van der Waals surface area (Å²) in [7, 11) is -1.50. The number of ether oxygens (including phenoxy) is 1. The zero-order chi connectivity index (χ0) is 17.5. The molecule has 0 saturated heterocycles. The van der Waals surface area contributed by atoms with Crippen molar-refractivity contribution in [2.45, 2.75) is 44.2 Å². The van der Waals surface area contributed by atoms with Crippen LogP contribution < -0.4 is 10.6 Å². The van der Waals surface area contributed by atoms with Crippen molar-refractivity contribution in [3.8, 4) is 0 Å². The summed E-state index contributed by atoms with van der Waals surface area (Å²) in [4.78, 5) is 11.8. The number of nitrogens with one attached hydrogen (secondary N) is 2. The predicted octanol–water partition coefficient (Wildman–Crippen LogP) is 2.56. The molecule has 2 N–H and O–H groups in total. The fourth-order valence-electron chi connectivity index (χ4n) is 1.84. The van der Waals surface area contributed by atoms with Gasteiger partial charge in [0.25, 0.3) is 0 Å². The van der Waals surface area contributed by atoms with Crippen LogP contribution in [0.25, 0.3) is 0 Å². The van der Waals surface area contributed by atoms with E-state index in [0.29, 0.717) is 17.9 Å². The fourth-order valence-corrected chi connectivity index (χ4v) is 2.83. The van der Waals surface area contributed by atoms with E-state index in [1.807, 2.05) is 6.92 Å². The largest absolute Gasteiger partial charge is 0.385 e. The molecule has 0 aliphatic rings. The number of methoxy groups -OCH3 is 1. The first-order valence-electron chi connectivity index (χ1n) is 7.61. The van der Waals surface area contributed by atoms with Crippen LogP contribution in [-0.4, -0.2) is 39.5 Å². The molecule has 1 aromatic rings. The second kappa shape index (κ2) is 8.88. The van der Waals surface area contributed by atoms with Crippen molar-refractivity contribution in [1.82, 2.24) is 5.32 Å². The number of carbonyl (C=O) groups excluding carboxylic acids is 1. The zero-order valence-corrected chi connectivity index (χ0v) is 14.9. The van der Waals surface area contributed by atoms with Gasteiger partial charge in [0.05, 0.1) is 11.0 Å². The third-order valence-corrected chi connectivity index (χ3v) is 5.60. The van der Waals surface area contributed by atoms with Crippen LogP contribution in [0.4, 0.5) is 10.5 Å². The summed E-state index contributed by atoms with van der Waals surface area (Å²) >= 11 is 0. The molecule has 23 heavy (non-hydrogen) atoms. The average molecular weight is 342 g/mol. The van der Waals surface area contributed by atoms with Gasteiger partial charge in [-0.05, 0) is 44.9 Å². The van der Waals surface area contributed by atoms with Gasteiger partial charge in [0.1, 0.15) is 0 Å². The summed E-state index contributed by atoms with van der Waals surface area (Å²) in [6.45, 7) is 5.82. The zero-order valence-electron chi connectivity index (χ0n) is 14.1. The topological polar surface area (TPSA) is 84.5 Å². The number of sulfone groups is 1. The molecular formula is C16H26N2O4S. The molecule has 2 amide bonds. The molecule has 6 nitrogen and oxygen atoms in total. The molecule has 0 bridgehead atoms. The molecule has 1 atom stereocenters. The Hall–Kier alpha value is -1.60. The second-order valence-corrected chi connectivity index (χ2v) is 8.39. The van der Waals surface area contributed by atoms with Crippen molar-refractivity contribution >= 4 is 21.6 Å². The smallest absolute Gasteiger partial charge is 0.319 e. The van der Waals surface area contributed by atoms with E-state index in [1.165, 1.54) is 0 Å². The number of carbonyl (C=O) groups is 1. The Morgan fingerprint density at radius 1 is 1.17 bits per heavy atom. The van der Waals surface area contributed by atoms with Crippen molar-refractivity contribution in [3.05, 3.63) is 29.8 Å². The maximum atomic E-state index is 11.9. The maximum absolute atomic E-state index is 11.9. The fraction of sp³-hybridized carbons (Fsp3) is 0.562. The quantitative estimate of drug-likeness (QED) is 0.760. The SMILES string of the molecule is COCC[C@H](C)NC(=O)Nc1ccc(CS(=O)(=O)C(C)C)cc1. The predicted molar refractivity (Wildman–Crippen MR) is 92.3 cm³/mol. The molecule has 0 unspecified atom stereocenters. The van der Waals surface area contributed by atoms with Crippen LogP contribution in [0.5, 0.6) is 0 Å². The third-order valence-electron chi connectivity index (χ3n) is 3.43. The van der Waals surface area contributed by atoms with Gasteiger partial charge in [0.2, 0.25) is 0 Å². The van der Waals surface area contributed by atoms with Crippen LogP contribution in [-0.2, 0) is 20.3 Å². The van der Waals surface area contributed by atoms with Crippen molar-refractivity contribution < 1.29 is 17.9 Å². The number of amides is 2. The third kappa shape index (κ3) is 7.00. The lowest BCUT2D eigenvalue weighted by molar-refractivity contribution is 0.185. The van der Waals surface area contributed by atoms with Crippen molar-refractivity contribution in [3.63, 3.8) is 0 Å². The van der Waals surface area contributed by atoms with Gasteiger partial charge >= 0.3 is 6.03 Å². The molecule has 0 radical (unpaired) electrons. The molecular weight excluding hydrogens is 316 g/mol. The van der Waals surface area contributed by atoms with E-state index in [9.17, 15) is 13.2 Å². The van der Waals surface area contributed by atoms with Gasteiger partial charge in [-0.2, -0.15) is 0 Å². The van der Waals surface area contributed by atoms with Crippen LogP contribution in [0.3, 0.4) is 0 Å². The van der Waals surface area contributed by atoms with Gasteiger partial charge in [0.15, 0.2) is 9.84 Å². The lowest BCUT2D eigenvalue weighted by atomic mass is 10.2. The minimum Gasteiger partial charge on any atom is -0.385 e. The summed E-state index contributed by atoms with van der Waals surface area (Å²) in [5, 5.41) is 5.12. The van der Waals surface area contributed by atoms with E-state index in [0.717, 1.165) is 6.42 Å². The molecule has 0 aliphatic heterocycles. The highest BCUT2D eigenvalue weighted by Gasteiger charge is 2.16. The van der Waals surface area contributed by atoms with Crippen LogP contribution >= 0.6 is 0 Å². The van der Waals surface area contributed by atoms with E-state index >= 15 is 0 Å². The van der Waals surface area contributed by atoms with Gasteiger partial charge in [-0.3, -0.25) is 0 Å². The number of benzene rings is 1. The van der Waals surface area contributed by atoms with E-state index in [-0.39, 0.29) is 17.8 Å². The Balaban J connectivity index is 2.55. The van der Waals surface area contributed by atoms with Gasteiger partial charge in [0, 0.05) is 25.4 Å². The second-order valence-electron chi connectivity index (χ2n) is 5.83. The lowest BCUT2D eigenvalue weighted by Gasteiger charge is -2.14. The lowest BCUT2D eigenvalue weighted by Crippen LogP contribution is -2.36. The molecule has 130 valence electrons. The Morgan fingerprint density at radius 3 is 2.30 bits per heavy atom. The average Bonchev–Trinajstić information content (AvgIpc) is 2.46. The number of hydrogen-bond donors (Lipinski definition) is 2. The number of urea groups is 1. The van der Waals surface area contributed by atoms with Crippen LogP contribution in [0.1, 0.15) is 32.8 Å². The normalized spacial score (nSPS) is 12.9. The molecule has 0 heterocycles. The number of anilines is 1. The van der Waals surface area contributed by atoms with Crippen LogP contribution in [0.15, 0.2) is 24.3 Å². The number of hydrogen-bond acceptors (Lipinski definition) is 4. The van der Waals surface area contributed by atoms with Gasteiger partial charge in [-0.15, -0.1) is 0 Å². The first-order chi connectivity index (χ1) is 10.7.